The molecule has 0 spiro atoms. The van der Waals surface area contributed by atoms with Gasteiger partial charge in [0, 0.05) is 24.8 Å². The quantitative estimate of drug-likeness (QED) is 0.220. The van der Waals surface area contributed by atoms with Gasteiger partial charge < -0.3 is 18.9 Å². The highest BCUT2D eigenvalue weighted by Crippen LogP contribution is 2.44. The number of benzene rings is 3. The van der Waals surface area contributed by atoms with Crippen LogP contribution in [0, 0.1) is 20.8 Å². The summed E-state index contributed by atoms with van der Waals surface area (Å²) in [6.07, 6.45) is 0. The maximum absolute atomic E-state index is 6.23. The molecule has 3 aromatic rings. The summed E-state index contributed by atoms with van der Waals surface area (Å²) in [5, 5.41) is 3.65. The van der Waals surface area contributed by atoms with Crippen molar-refractivity contribution in [1.29, 1.82) is 0 Å². The molecule has 0 N–H and O–H groups in total. The van der Waals surface area contributed by atoms with E-state index < -0.39 is 7.92 Å². The fourth-order valence-corrected chi connectivity index (χ4v) is 7.53. The van der Waals surface area contributed by atoms with Gasteiger partial charge in [0.05, 0.1) is 0 Å². The molecule has 0 fully saturated rings. The van der Waals surface area contributed by atoms with Crippen LogP contribution in [0.25, 0.3) is 0 Å². The number of rotatable bonds is 9. The van der Waals surface area contributed by atoms with Gasteiger partial charge in [0.25, 0.3) is 0 Å². The third-order valence-corrected chi connectivity index (χ3v) is 9.47. The molecule has 0 radical (unpaired) electrons. The van der Waals surface area contributed by atoms with Crippen LogP contribution in [0.1, 0.15) is 69.4 Å². The van der Waals surface area contributed by atoms with Gasteiger partial charge in [-0.3, -0.25) is 0 Å². The summed E-state index contributed by atoms with van der Waals surface area (Å²) in [6.45, 7) is 20.5. The van der Waals surface area contributed by atoms with Gasteiger partial charge in [-0.05, 0) is 91.3 Å². The highest BCUT2D eigenvalue weighted by atomic mass is 31.1. The normalized spacial score (nSPS) is 12.2. The summed E-state index contributed by atoms with van der Waals surface area (Å²) >= 11 is 0. The summed E-state index contributed by atoms with van der Waals surface area (Å²) in [6, 6.07) is 17.8. The number of hydrogen-bond donors (Lipinski definition) is 0. The van der Waals surface area contributed by atoms with Crippen molar-refractivity contribution in [2.24, 2.45) is 0 Å². The van der Waals surface area contributed by atoms with E-state index in [2.05, 4.69) is 111 Å². The van der Waals surface area contributed by atoms with Crippen molar-refractivity contribution >= 4 is 23.8 Å². The minimum Gasteiger partial charge on any atom is -0.467 e. The summed E-state index contributed by atoms with van der Waals surface area (Å²) in [7, 11) is 2.25. The van der Waals surface area contributed by atoms with E-state index in [-0.39, 0.29) is 24.4 Å². The lowest BCUT2D eigenvalue weighted by Gasteiger charge is -2.30. The average Bonchev–Trinajstić information content (AvgIpc) is 2.82. The monoisotopic (exact) mass is 536 g/mol. The molecule has 38 heavy (non-hydrogen) atoms. The van der Waals surface area contributed by atoms with Crippen molar-refractivity contribution in [1.82, 2.24) is 0 Å². The molecular weight excluding hydrogens is 491 g/mol. The largest absolute Gasteiger partial charge is 0.467 e. The van der Waals surface area contributed by atoms with Crippen molar-refractivity contribution in [2.75, 3.05) is 27.8 Å². The van der Waals surface area contributed by atoms with E-state index in [0.717, 1.165) is 22.1 Å². The molecule has 0 heterocycles. The van der Waals surface area contributed by atoms with Crippen LogP contribution in [0.4, 0.5) is 0 Å². The molecule has 3 rings (SSSR count). The van der Waals surface area contributed by atoms with Crippen molar-refractivity contribution < 1.29 is 18.9 Å². The van der Waals surface area contributed by atoms with Gasteiger partial charge in [0.2, 0.25) is 0 Å². The van der Waals surface area contributed by atoms with Gasteiger partial charge in [-0.25, -0.2) is 0 Å². The molecule has 0 atom stereocenters. The van der Waals surface area contributed by atoms with Gasteiger partial charge in [-0.15, -0.1) is 0 Å². The Hall–Kier alpha value is -2.39. The lowest BCUT2D eigenvalue weighted by molar-refractivity contribution is 0.0518. The maximum atomic E-state index is 6.23. The molecular formula is C33H45O4P. The zero-order valence-corrected chi connectivity index (χ0v) is 26.0. The fraction of sp³-hybridized carbons (Fsp3) is 0.455. The van der Waals surface area contributed by atoms with Crippen molar-refractivity contribution in [3.8, 4) is 11.5 Å². The summed E-state index contributed by atoms with van der Waals surface area (Å²) in [4.78, 5) is 0. The Bertz CT molecular complexity index is 1160. The number of hydrogen-bond acceptors (Lipinski definition) is 4. The van der Waals surface area contributed by atoms with Crippen LogP contribution in [-0.2, 0) is 20.3 Å². The summed E-state index contributed by atoms with van der Waals surface area (Å²) < 4.78 is 23.1. The van der Waals surface area contributed by atoms with Gasteiger partial charge in [-0.2, -0.15) is 0 Å². The van der Waals surface area contributed by atoms with E-state index in [0.29, 0.717) is 0 Å². The maximum Gasteiger partial charge on any atom is 0.188 e. The summed E-state index contributed by atoms with van der Waals surface area (Å²) in [5.41, 5.74) is 6.29. The predicted molar refractivity (Wildman–Crippen MR) is 162 cm³/mol. The molecule has 0 aliphatic rings. The second-order valence-electron chi connectivity index (χ2n) is 12.0. The SMILES string of the molecule is COCOc1ccc(C(C)(C)C)cc1P(c1cc(C(C)(C)C)ccc1OCOC)c1c(C)cc(C)cc1C. The molecule has 5 heteroatoms. The Balaban J connectivity index is 2.47. The van der Waals surface area contributed by atoms with Crippen LogP contribution >= 0.6 is 7.92 Å². The van der Waals surface area contributed by atoms with Crippen molar-refractivity contribution in [3.05, 3.63) is 76.3 Å². The third kappa shape index (κ3) is 6.97. The molecule has 0 unspecified atom stereocenters. The molecule has 0 aliphatic carbocycles. The Morgan fingerprint density at radius 2 is 1.00 bits per heavy atom. The Labute approximate surface area is 231 Å². The molecule has 4 nitrogen and oxygen atoms in total. The van der Waals surface area contributed by atoms with E-state index in [1.54, 1.807) is 14.2 Å². The molecule has 0 saturated carbocycles. The van der Waals surface area contributed by atoms with E-state index >= 15 is 0 Å². The Kier molecular flexibility index (Phi) is 9.68. The molecule has 0 amide bonds. The van der Waals surface area contributed by atoms with Crippen LogP contribution in [0.5, 0.6) is 11.5 Å². The first kappa shape index (κ1) is 30.2. The molecule has 0 bridgehead atoms. The second-order valence-corrected chi connectivity index (χ2v) is 14.1. The molecule has 0 aromatic heterocycles. The van der Waals surface area contributed by atoms with Crippen LogP contribution in [0.2, 0.25) is 0 Å². The Morgan fingerprint density at radius 1 is 0.605 bits per heavy atom. The molecule has 0 aliphatic heterocycles. The smallest absolute Gasteiger partial charge is 0.188 e. The third-order valence-electron chi connectivity index (χ3n) is 6.66. The highest BCUT2D eigenvalue weighted by molar-refractivity contribution is 7.80. The summed E-state index contributed by atoms with van der Waals surface area (Å²) in [5.74, 6) is 1.67. The standard InChI is InChI=1S/C33H45O4P/c1-22-16-23(2)31(24(3)17-22)38(29-18-25(32(4,5)6)12-14-27(29)36-20-34-10)30-19-26(33(7,8)9)13-15-28(30)37-21-35-11/h12-19H,20-21H2,1-11H3. The number of ether oxygens (including phenoxy) is 4. The molecule has 3 aromatic carbocycles. The van der Waals surface area contributed by atoms with Crippen LogP contribution in [0.3, 0.4) is 0 Å². The average molecular weight is 537 g/mol. The topological polar surface area (TPSA) is 36.9 Å². The first-order valence-electron chi connectivity index (χ1n) is 13.2. The predicted octanol–water partition coefficient (Wildman–Crippen LogP) is 6.93. The van der Waals surface area contributed by atoms with E-state index in [1.807, 2.05) is 0 Å². The fourth-order valence-electron chi connectivity index (χ4n) is 4.70. The molecule has 206 valence electrons. The van der Waals surface area contributed by atoms with Crippen LogP contribution in [0.15, 0.2) is 48.5 Å². The van der Waals surface area contributed by atoms with E-state index in [4.69, 9.17) is 18.9 Å². The minimum atomic E-state index is -1.06. The Morgan fingerprint density at radius 3 is 1.34 bits per heavy atom. The number of methoxy groups -OCH3 is 2. The first-order valence-corrected chi connectivity index (χ1v) is 14.5. The molecule has 0 saturated heterocycles. The minimum absolute atomic E-state index is 0.0183. The van der Waals surface area contributed by atoms with Crippen molar-refractivity contribution in [2.45, 2.75) is 73.1 Å². The lowest BCUT2D eigenvalue weighted by atomic mass is 9.87. The van der Waals surface area contributed by atoms with E-state index in [1.165, 1.54) is 33.1 Å². The van der Waals surface area contributed by atoms with Crippen molar-refractivity contribution in [3.63, 3.8) is 0 Å². The van der Waals surface area contributed by atoms with Gasteiger partial charge in [-0.1, -0.05) is 71.4 Å². The second kappa shape index (κ2) is 12.2. The van der Waals surface area contributed by atoms with Gasteiger partial charge in [0.1, 0.15) is 11.5 Å². The zero-order valence-electron chi connectivity index (χ0n) is 25.1. The zero-order chi connectivity index (χ0) is 28.3. The van der Waals surface area contributed by atoms with Gasteiger partial charge in [0.15, 0.2) is 13.6 Å². The van der Waals surface area contributed by atoms with Gasteiger partial charge >= 0.3 is 0 Å². The van der Waals surface area contributed by atoms with Crippen LogP contribution < -0.4 is 25.4 Å². The highest BCUT2D eigenvalue weighted by Gasteiger charge is 2.30. The lowest BCUT2D eigenvalue weighted by Crippen LogP contribution is -2.29. The van der Waals surface area contributed by atoms with Crippen LogP contribution in [-0.4, -0.2) is 27.8 Å². The first-order chi connectivity index (χ1) is 17.8. The van der Waals surface area contributed by atoms with E-state index in [9.17, 15) is 0 Å². The number of aryl methyl sites for hydroxylation is 3.